The molecule has 1 aliphatic rings. The number of hydrogen-bond donors (Lipinski definition) is 0. The van der Waals surface area contributed by atoms with Gasteiger partial charge in [-0.3, -0.25) is 0 Å². The van der Waals surface area contributed by atoms with E-state index >= 15 is 0 Å². The van der Waals surface area contributed by atoms with Gasteiger partial charge in [-0.2, -0.15) is 0 Å². The van der Waals surface area contributed by atoms with Gasteiger partial charge in [-0.25, -0.2) is 4.39 Å². The van der Waals surface area contributed by atoms with Crippen LogP contribution in [0.5, 0.6) is 5.75 Å². The SMILES string of the molecule is CCCCCc1ccc(C2CCC(/C=C/C#Cc3ccc(OC(F)(F)F)c(F)c3)CC2)cc1. The lowest BCUT2D eigenvalue weighted by atomic mass is 9.78. The lowest BCUT2D eigenvalue weighted by Crippen LogP contribution is -2.17. The highest BCUT2D eigenvalue weighted by atomic mass is 19.4. The Morgan fingerprint density at radius 2 is 1.73 bits per heavy atom. The van der Waals surface area contributed by atoms with Crippen molar-refractivity contribution in [3.8, 4) is 17.6 Å². The second kappa shape index (κ2) is 11.9. The number of alkyl halides is 3. The van der Waals surface area contributed by atoms with E-state index in [-0.39, 0.29) is 0 Å². The molecule has 3 rings (SSSR count). The van der Waals surface area contributed by atoms with Gasteiger partial charge in [-0.15, -0.1) is 13.2 Å². The molecule has 0 atom stereocenters. The van der Waals surface area contributed by atoms with Gasteiger partial charge in [0, 0.05) is 5.56 Å². The van der Waals surface area contributed by atoms with Crippen LogP contribution in [0.4, 0.5) is 17.6 Å². The molecule has 5 heteroatoms. The Morgan fingerprint density at radius 3 is 2.36 bits per heavy atom. The first kappa shape index (κ1) is 24.9. The number of aryl methyl sites for hydroxylation is 1. The van der Waals surface area contributed by atoms with Crippen molar-refractivity contribution in [2.45, 2.75) is 70.6 Å². The van der Waals surface area contributed by atoms with Gasteiger partial charge in [0.05, 0.1) is 0 Å². The molecular weight excluding hydrogens is 428 g/mol. The third kappa shape index (κ3) is 8.28. The van der Waals surface area contributed by atoms with Crippen molar-refractivity contribution in [2.75, 3.05) is 0 Å². The third-order valence-corrected chi connectivity index (χ3v) is 6.12. The molecule has 1 nitrogen and oxygen atoms in total. The van der Waals surface area contributed by atoms with E-state index in [2.05, 4.69) is 53.8 Å². The number of ether oxygens (including phenoxy) is 1. The van der Waals surface area contributed by atoms with Crippen molar-refractivity contribution in [3.05, 3.63) is 77.1 Å². The van der Waals surface area contributed by atoms with Crippen molar-refractivity contribution in [2.24, 2.45) is 5.92 Å². The van der Waals surface area contributed by atoms with Crippen LogP contribution >= 0.6 is 0 Å². The van der Waals surface area contributed by atoms with E-state index in [0.717, 1.165) is 44.2 Å². The van der Waals surface area contributed by atoms with Gasteiger partial charge >= 0.3 is 6.36 Å². The monoisotopic (exact) mass is 458 g/mol. The van der Waals surface area contributed by atoms with Crippen molar-refractivity contribution in [1.29, 1.82) is 0 Å². The van der Waals surface area contributed by atoms with E-state index in [1.807, 2.05) is 0 Å². The highest BCUT2D eigenvalue weighted by molar-refractivity contribution is 5.41. The second-order valence-corrected chi connectivity index (χ2v) is 8.63. The molecule has 1 fully saturated rings. The van der Waals surface area contributed by atoms with Crippen molar-refractivity contribution < 1.29 is 22.3 Å². The molecule has 0 saturated heterocycles. The van der Waals surface area contributed by atoms with Crippen LogP contribution in [0.3, 0.4) is 0 Å². The number of benzene rings is 2. The Bertz CT molecular complexity index is 972. The van der Waals surface area contributed by atoms with Gasteiger partial charge in [-0.05, 0) is 85.8 Å². The van der Waals surface area contributed by atoms with Gasteiger partial charge < -0.3 is 4.74 Å². The fraction of sp³-hybridized carbons (Fsp3) is 0.429. The maximum absolute atomic E-state index is 13.7. The Balaban J connectivity index is 1.46. The van der Waals surface area contributed by atoms with Crippen LogP contribution < -0.4 is 4.74 Å². The predicted octanol–water partition coefficient (Wildman–Crippen LogP) is 8.34. The summed E-state index contributed by atoms with van der Waals surface area (Å²) in [6, 6.07) is 12.3. The van der Waals surface area contributed by atoms with E-state index in [9.17, 15) is 17.6 Å². The molecule has 33 heavy (non-hydrogen) atoms. The largest absolute Gasteiger partial charge is 0.573 e. The number of hydrogen-bond acceptors (Lipinski definition) is 1. The number of unbranched alkanes of at least 4 members (excludes halogenated alkanes) is 2. The highest BCUT2D eigenvalue weighted by Crippen LogP contribution is 2.36. The fourth-order valence-corrected chi connectivity index (χ4v) is 4.28. The standard InChI is InChI=1S/C28H30F4O/c1-2-3-4-7-21-10-15-24(16-11-21)25-17-12-22(13-18-25)8-5-6-9-23-14-19-27(26(29)20-23)33-28(30,31)32/h5,8,10-11,14-16,19-20,22,25H,2-4,7,12-13,17-18H2,1H3/b8-5+. The minimum atomic E-state index is -4.92. The first-order valence-corrected chi connectivity index (χ1v) is 11.7. The Kier molecular flexibility index (Phi) is 9.00. The zero-order valence-corrected chi connectivity index (χ0v) is 18.9. The van der Waals surface area contributed by atoms with E-state index in [1.165, 1.54) is 36.5 Å². The molecule has 0 aliphatic heterocycles. The molecule has 0 heterocycles. The first-order chi connectivity index (χ1) is 15.8. The maximum Gasteiger partial charge on any atom is 0.573 e. The quantitative estimate of drug-likeness (QED) is 0.230. The van der Waals surface area contributed by atoms with Crippen LogP contribution in [-0.4, -0.2) is 6.36 Å². The lowest BCUT2D eigenvalue weighted by Gasteiger charge is -2.27. The van der Waals surface area contributed by atoms with E-state index < -0.39 is 17.9 Å². The van der Waals surface area contributed by atoms with Gasteiger partial charge in [-0.1, -0.05) is 61.9 Å². The lowest BCUT2D eigenvalue weighted by molar-refractivity contribution is -0.275. The molecular formula is C28H30F4O. The number of allylic oxidation sites excluding steroid dienone is 2. The van der Waals surface area contributed by atoms with Gasteiger partial charge in [0.15, 0.2) is 11.6 Å². The first-order valence-electron chi connectivity index (χ1n) is 11.7. The topological polar surface area (TPSA) is 9.23 Å². The van der Waals surface area contributed by atoms with Crippen LogP contribution in [0.25, 0.3) is 0 Å². The summed E-state index contributed by atoms with van der Waals surface area (Å²) in [6.07, 6.45) is 8.33. The minimum absolute atomic E-state index is 0.300. The Hall–Kier alpha value is -2.74. The molecule has 2 aromatic rings. The maximum atomic E-state index is 13.7. The molecule has 2 aromatic carbocycles. The average Bonchev–Trinajstić information content (AvgIpc) is 2.79. The molecule has 0 spiro atoms. The molecule has 0 N–H and O–H groups in total. The molecule has 0 amide bonds. The molecule has 176 valence electrons. The number of rotatable bonds is 7. The third-order valence-electron chi connectivity index (χ3n) is 6.12. The zero-order valence-electron chi connectivity index (χ0n) is 18.9. The zero-order chi connectivity index (χ0) is 23.7. The van der Waals surface area contributed by atoms with Crippen molar-refractivity contribution >= 4 is 0 Å². The van der Waals surface area contributed by atoms with Crippen LogP contribution in [0, 0.1) is 23.6 Å². The summed E-state index contributed by atoms with van der Waals surface area (Å²) < 4.78 is 54.0. The summed E-state index contributed by atoms with van der Waals surface area (Å²) in [5.41, 5.74) is 3.15. The molecule has 0 aromatic heterocycles. The summed E-state index contributed by atoms with van der Waals surface area (Å²) in [5, 5.41) is 0. The molecule has 0 radical (unpaired) electrons. The average molecular weight is 459 g/mol. The summed E-state index contributed by atoms with van der Waals surface area (Å²) >= 11 is 0. The highest BCUT2D eigenvalue weighted by Gasteiger charge is 2.32. The molecule has 0 bridgehead atoms. The second-order valence-electron chi connectivity index (χ2n) is 8.63. The van der Waals surface area contributed by atoms with Crippen LogP contribution in [-0.2, 0) is 6.42 Å². The Morgan fingerprint density at radius 1 is 1.00 bits per heavy atom. The smallest absolute Gasteiger partial charge is 0.403 e. The molecule has 1 saturated carbocycles. The normalized spacial score (nSPS) is 18.7. The number of halogens is 4. The van der Waals surface area contributed by atoms with Crippen molar-refractivity contribution in [3.63, 3.8) is 0 Å². The fourth-order valence-electron chi connectivity index (χ4n) is 4.28. The minimum Gasteiger partial charge on any atom is -0.403 e. The van der Waals surface area contributed by atoms with E-state index in [4.69, 9.17) is 0 Å². The predicted molar refractivity (Wildman–Crippen MR) is 123 cm³/mol. The van der Waals surface area contributed by atoms with E-state index in [0.29, 0.717) is 17.4 Å². The van der Waals surface area contributed by atoms with Crippen LogP contribution in [0.1, 0.15) is 74.5 Å². The molecule has 0 unspecified atom stereocenters. The van der Waals surface area contributed by atoms with Crippen LogP contribution in [0.15, 0.2) is 54.6 Å². The van der Waals surface area contributed by atoms with Crippen molar-refractivity contribution in [1.82, 2.24) is 0 Å². The summed E-state index contributed by atoms with van der Waals surface area (Å²) in [4.78, 5) is 0. The van der Waals surface area contributed by atoms with Gasteiger partial charge in [0.2, 0.25) is 0 Å². The summed E-state index contributed by atoms with van der Waals surface area (Å²) in [6.45, 7) is 2.22. The summed E-state index contributed by atoms with van der Waals surface area (Å²) in [7, 11) is 0. The van der Waals surface area contributed by atoms with E-state index in [1.54, 1.807) is 6.08 Å². The summed E-state index contributed by atoms with van der Waals surface area (Å²) in [5.74, 6) is 4.73. The Labute approximate surface area is 193 Å². The molecule has 1 aliphatic carbocycles. The van der Waals surface area contributed by atoms with Crippen LogP contribution in [0.2, 0.25) is 0 Å². The van der Waals surface area contributed by atoms with Gasteiger partial charge in [0.1, 0.15) is 0 Å². The van der Waals surface area contributed by atoms with Gasteiger partial charge in [0.25, 0.3) is 0 Å².